The number of aliphatic carboxylic acids is 1. The van der Waals surface area contributed by atoms with E-state index in [1.807, 2.05) is 17.0 Å². The van der Waals surface area contributed by atoms with E-state index in [1.54, 1.807) is 37.6 Å². The number of anilines is 1. The van der Waals surface area contributed by atoms with Gasteiger partial charge in [-0.3, -0.25) is 9.78 Å². The number of aromatic nitrogens is 4. The molecular weight excluding hydrogens is 429 g/mol. The molecule has 1 aliphatic heterocycles. The van der Waals surface area contributed by atoms with Crippen LogP contribution < -0.4 is 4.90 Å². The number of carboxylic acid groups (broad SMARTS) is 1. The van der Waals surface area contributed by atoms with Crippen molar-refractivity contribution in [2.45, 2.75) is 6.92 Å². The fourth-order valence-corrected chi connectivity index (χ4v) is 4.70. The zero-order valence-electron chi connectivity index (χ0n) is 17.1. The number of thiazole rings is 1. The van der Waals surface area contributed by atoms with Crippen LogP contribution in [0.15, 0.2) is 61.3 Å². The highest BCUT2D eigenvalue weighted by Gasteiger charge is 2.46. The highest BCUT2D eigenvalue weighted by atomic mass is 32.1. The predicted octanol–water partition coefficient (Wildman–Crippen LogP) is 4.38. The maximum absolute atomic E-state index is 13.2. The molecule has 0 atom stereocenters. The lowest BCUT2D eigenvalue weighted by Crippen LogP contribution is -2.59. The van der Waals surface area contributed by atoms with Crippen molar-refractivity contribution in [1.82, 2.24) is 19.9 Å². The summed E-state index contributed by atoms with van der Waals surface area (Å²) >= 11 is 1.48. The van der Waals surface area contributed by atoms with Crippen LogP contribution in [0, 0.1) is 11.2 Å². The molecule has 3 aromatic heterocycles. The Kier molecular flexibility index (Phi) is 4.90. The summed E-state index contributed by atoms with van der Waals surface area (Å²) in [5.41, 5.74) is 3.17. The first-order valence-corrected chi connectivity index (χ1v) is 10.7. The number of benzene rings is 1. The molecule has 4 aromatic rings. The molecule has 9 heteroatoms. The quantitative estimate of drug-likeness (QED) is 0.485. The van der Waals surface area contributed by atoms with Gasteiger partial charge in [-0.1, -0.05) is 11.3 Å². The number of pyridine rings is 1. The van der Waals surface area contributed by atoms with Crippen LogP contribution in [0.25, 0.3) is 33.0 Å². The Labute approximate surface area is 187 Å². The molecule has 32 heavy (non-hydrogen) atoms. The normalized spacial score (nSPS) is 14.8. The lowest BCUT2D eigenvalue weighted by molar-refractivity contribution is -0.149. The number of carbonyl (C=O) groups is 1. The van der Waals surface area contributed by atoms with Gasteiger partial charge in [0.2, 0.25) is 0 Å². The van der Waals surface area contributed by atoms with Gasteiger partial charge in [0.25, 0.3) is 0 Å². The summed E-state index contributed by atoms with van der Waals surface area (Å²) in [6.07, 6.45) is 6.66. The number of hydrogen-bond acceptors (Lipinski definition) is 7. The van der Waals surface area contributed by atoms with E-state index < -0.39 is 11.4 Å². The van der Waals surface area contributed by atoms with Gasteiger partial charge in [-0.2, -0.15) is 0 Å². The Bertz CT molecular complexity index is 1270. The molecule has 1 N–H and O–H groups in total. The second-order valence-electron chi connectivity index (χ2n) is 7.96. The number of rotatable bonds is 5. The summed E-state index contributed by atoms with van der Waals surface area (Å²) in [5.74, 6) is -1.09. The molecule has 1 aliphatic rings. The minimum atomic E-state index is -0.803. The molecule has 7 nitrogen and oxygen atoms in total. The van der Waals surface area contributed by atoms with Gasteiger partial charge < -0.3 is 10.0 Å². The van der Waals surface area contributed by atoms with Crippen LogP contribution in [0.4, 0.5) is 9.52 Å². The van der Waals surface area contributed by atoms with Crippen molar-refractivity contribution < 1.29 is 14.3 Å². The highest BCUT2D eigenvalue weighted by molar-refractivity contribution is 7.19. The summed E-state index contributed by atoms with van der Waals surface area (Å²) in [6.45, 7) is 2.55. The smallest absolute Gasteiger partial charge is 0.312 e. The first-order valence-electron chi connectivity index (χ1n) is 9.90. The zero-order valence-corrected chi connectivity index (χ0v) is 17.9. The number of halogens is 1. The summed E-state index contributed by atoms with van der Waals surface area (Å²) in [7, 11) is 0. The molecule has 0 spiro atoms. The first kappa shape index (κ1) is 20.2. The van der Waals surface area contributed by atoms with E-state index in [-0.39, 0.29) is 5.82 Å². The zero-order chi connectivity index (χ0) is 22.3. The lowest BCUT2D eigenvalue weighted by Gasteiger charge is -2.44. The minimum absolute atomic E-state index is 0.292. The molecule has 0 unspecified atom stereocenters. The van der Waals surface area contributed by atoms with Crippen molar-refractivity contribution in [3.63, 3.8) is 0 Å². The molecule has 0 radical (unpaired) electrons. The average Bonchev–Trinajstić information content (AvgIpc) is 3.23. The van der Waals surface area contributed by atoms with Crippen molar-refractivity contribution in [3.05, 3.63) is 67.1 Å². The maximum atomic E-state index is 13.2. The van der Waals surface area contributed by atoms with Gasteiger partial charge >= 0.3 is 5.97 Å². The van der Waals surface area contributed by atoms with Crippen molar-refractivity contribution in [3.8, 4) is 33.0 Å². The third-order valence-electron chi connectivity index (χ3n) is 5.48. The van der Waals surface area contributed by atoms with Crippen LogP contribution in [0.3, 0.4) is 0 Å². The standard InChI is InChI=1S/C23H18FN5O2S/c1-23(21(30)31)11-29(12-23)22-28-19(20(32-22)16-8-25-13-26-9-16)15-4-7-18(27-10-15)14-2-5-17(24)6-3-14/h2-10,13H,11-12H2,1H3,(H,30,31). The van der Waals surface area contributed by atoms with E-state index in [4.69, 9.17) is 4.98 Å². The summed E-state index contributed by atoms with van der Waals surface area (Å²) in [6, 6.07) is 9.99. The Morgan fingerprint density at radius 3 is 2.34 bits per heavy atom. The van der Waals surface area contributed by atoms with E-state index in [9.17, 15) is 14.3 Å². The fraction of sp³-hybridized carbons (Fsp3) is 0.174. The molecule has 4 heterocycles. The van der Waals surface area contributed by atoms with Gasteiger partial charge in [0.1, 0.15) is 12.1 Å². The van der Waals surface area contributed by atoms with Crippen LogP contribution in [0.5, 0.6) is 0 Å². The molecule has 0 aliphatic carbocycles. The Balaban J connectivity index is 1.50. The Morgan fingerprint density at radius 1 is 1.03 bits per heavy atom. The molecule has 1 saturated heterocycles. The monoisotopic (exact) mass is 447 g/mol. The van der Waals surface area contributed by atoms with Gasteiger partial charge in [-0.05, 0) is 43.3 Å². The maximum Gasteiger partial charge on any atom is 0.312 e. The Hall–Kier alpha value is -3.72. The molecule has 1 aromatic carbocycles. The van der Waals surface area contributed by atoms with Crippen LogP contribution in [0.1, 0.15) is 6.92 Å². The topological polar surface area (TPSA) is 92.1 Å². The second-order valence-corrected chi connectivity index (χ2v) is 8.94. The van der Waals surface area contributed by atoms with Crippen LogP contribution in [-0.2, 0) is 4.79 Å². The Morgan fingerprint density at radius 2 is 1.72 bits per heavy atom. The average molecular weight is 447 g/mol. The van der Waals surface area contributed by atoms with Gasteiger partial charge in [-0.15, -0.1) is 0 Å². The minimum Gasteiger partial charge on any atom is -0.481 e. The molecule has 1 fully saturated rings. The van der Waals surface area contributed by atoms with Gasteiger partial charge in [-0.25, -0.2) is 19.3 Å². The third kappa shape index (κ3) is 3.60. The summed E-state index contributed by atoms with van der Waals surface area (Å²) in [5, 5.41) is 10.2. The van der Waals surface area contributed by atoms with Crippen molar-refractivity contribution >= 4 is 22.4 Å². The predicted molar refractivity (Wildman–Crippen MR) is 120 cm³/mol. The largest absolute Gasteiger partial charge is 0.481 e. The van der Waals surface area contributed by atoms with Crippen LogP contribution >= 0.6 is 11.3 Å². The first-order chi connectivity index (χ1) is 15.4. The SMILES string of the molecule is CC1(C(=O)O)CN(c2nc(-c3ccc(-c4ccc(F)cc4)nc3)c(-c3cncnc3)s2)C1. The van der Waals surface area contributed by atoms with E-state index >= 15 is 0 Å². The number of hydrogen-bond donors (Lipinski definition) is 1. The molecule has 0 bridgehead atoms. The van der Waals surface area contributed by atoms with Crippen molar-refractivity contribution in [2.75, 3.05) is 18.0 Å². The van der Waals surface area contributed by atoms with Crippen molar-refractivity contribution in [1.29, 1.82) is 0 Å². The molecular formula is C23H18FN5O2S. The van der Waals surface area contributed by atoms with Crippen LogP contribution in [-0.4, -0.2) is 44.1 Å². The van der Waals surface area contributed by atoms with E-state index in [0.717, 1.165) is 38.1 Å². The molecule has 160 valence electrons. The highest BCUT2D eigenvalue weighted by Crippen LogP contribution is 2.43. The third-order valence-corrected chi connectivity index (χ3v) is 6.65. The lowest BCUT2D eigenvalue weighted by atomic mass is 9.82. The van der Waals surface area contributed by atoms with Crippen molar-refractivity contribution in [2.24, 2.45) is 5.41 Å². The van der Waals surface area contributed by atoms with E-state index in [2.05, 4.69) is 15.0 Å². The van der Waals surface area contributed by atoms with Crippen LogP contribution in [0.2, 0.25) is 0 Å². The van der Waals surface area contributed by atoms with Gasteiger partial charge in [0.05, 0.1) is 21.7 Å². The fourth-order valence-electron chi connectivity index (χ4n) is 3.64. The summed E-state index contributed by atoms with van der Waals surface area (Å²) in [4.78, 5) is 31.9. The van der Waals surface area contributed by atoms with Gasteiger partial charge in [0.15, 0.2) is 5.13 Å². The number of nitrogens with zero attached hydrogens (tertiary/aromatic N) is 5. The molecule has 5 rings (SSSR count). The molecule has 0 amide bonds. The number of carboxylic acids is 1. The molecule has 0 saturated carbocycles. The second kappa shape index (κ2) is 7.76. The van der Waals surface area contributed by atoms with E-state index in [0.29, 0.717) is 13.1 Å². The van der Waals surface area contributed by atoms with E-state index in [1.165, 1.54) is 29.8 Å². The summed E-state index contributed by atoms with van der Waals surface area (Å²) < 4.78 is 13.2. The van der Waals surface area contributed by atoms with Gasteiger partial charge in [0, 0.05) is 48.4 Å².